The quantitative estimate of drug-likeness (QED) is 0.0128. The summed E-state index contributed by atoms with van der Waals surface area (Å²) in [5.74, 6) is -8.53. The molecule has 718 valence electrons. The number of Topliss-reactive ketones (excluding diaryl/α,β-unsaturated/α-hetero) is 1. The predicted octanol–water partition coefficient (Wildman–Crippen LogP) is 19.1. The van der Waals surface area contributed by atoms with Crippen molar-refractivity contribution in [2.45, 2.75) is 110 Å². The molecule has 0 radical (unpaired) electrons. The molecule has 1 saturated heterocycles. The molecule has 7 heterocycles. The molecule has 1 aliphatic heterocycles. The maximum atomic E-state index is 15.2. The molecule has 0 unspecified atom stereocenters. The summed E-state index contributed by atoms with van der Waals surface area (Å²) >= 11 is 7.99. The van der Waals surface area contributed by atoms with E-state index in [1.165, 1.54) is 174 Å². The van der Waals surface area contributed by atoms with E-state index in [-0.39, 0.29) is 48.3 Å². The van der Waals surface area contributed by atoms with Gasteiger partial charge in [-0.1, -0.05) is 6.07 Å². The number of halogens is 9. The van der Waals surface area contributed by atoms with Crippen molar-refractivity contribution >= 4 is 172 Å². The van der Waals surface area contributed by atoms with Gasteiger partial charge in [-0.25, -0.2) is 40.5 Å². The molecule has 136 heavy (non-hydrogen) atoms. The number of nitrogens with zero attached hydrogens (tertiary/aromatic N) is 9. The van der Waals surface area contributed by atoms with E-state index in [0.29, 0.717) is 91.2 Å². The Morgan fingerprint density at radius 2 is 0.809 bits per heavy atom. The van der Waals surface area contributed by atoms with E-state index < -0.39 is 112 Å². The number of ether oxygens (including phenoxy) is 3. The minimum absolute atomic E-state index is 0.0205. The summed E-state index contributed by atoms with van der Waals surface area (Å²) in [6.07, 6.45) is 16.9. The largest absolute Gasteiger partial charge is 0.480 e. The number of nitrogens with two attached hydrogens (primary N) is 1. The van der Waals surface area contributed by atoms with Crippen LogP contribution in [0.1, 0.15) is 96.5 Å². The second-order valence-electron chi connectivity index (χ2n) is 31.7. The van der Waals surface area contributed by atoms with Crippen LogP contribution in [0.15, 0.2) is 195 Å². The first-order chi connectivity index (χ1) is 64.6. The Balaban J connectivity index is 0.000000173. The third kappa shape index (κ3) is 26.7. The highest BCUT2D eigenvalue weighted by atomic mass is 36.0. The number of aliphatic carboxylic acids is 5. The van der Waals surface area contributed by atoms with Gasteiger partial charge >= 0.3 is 29.8 Å². The molecule has 6 fully saturated rings. The highest BCUT2D eigenvalue weighted by Gasteiger charge is 2.61. The van der Waals surface area contributed by atoms with Crippen molar-refractivity contribution in [1.82, 2.24) is 29.1 Å². The third-order valence-corrected chi connectivity index (χ3v) is 25.1. The first kappa shape index (κ1) is 105. The predicted molar refractivity (Wildman–Crippen MR) is 502 cm³/mol. The molecule has 0 spiro atoms. The lowest BCUT2D eigenvalue weighted by Gasteiger charge is -2.23. The number of thiophene rings is 2. The molecule has 5 saturated carbocycles. The number of hydrogen-bond donors (Lipinski definition) is 7. The summed E-state index contributed by atoms with van der Waals surface area (Å²) in [4.78, 5) is 137. The fraction of sp³-hybridized carbons (Fsp3) is 0.298. The fourth-order valence-corrected chi connectivity index (χ4v) is 15.5. The van der Waals surface area contributed by atoms with E-state index in [0.717, 1.165) is 73.6 Å². The van der Waals surface area contributed by atoms with E-state index in [4.69, 9.17) is 61.3 Å². The Hall–Kier alpha value is -13.2. The van der Waals surface area contributed by atoms with Crippen molar-refractivity contribution < 1.29 is 118 Å². The number of aromatic nitrogens is 6. The van der Waals surface area contributed by atoms with Gasteiger partial charge in [-0.2, -0.15) is 0 Å². The Kier molecular flexibility index (Phi) is 35.8. The molecular weight excluding hydrogens is 1900 g/mol. The SMILES string of the molecule is C1CCOC1.CCn1cnc(-c2cc3nccc(Oc4ccc(CC(=O)C5(C(=O)N(C)c6ccc(F)cc6)CC5)cc4F)c3s2)c1.CCn1cnc(-c2cc3nccc(Oc4ccc(N)cc4F)c3s2)c1.CN(C(=O)C1(C(=O)O)CC1)c1ccc(F)cc1.CN(C(=O)C1(C(=O)O)CC1)c1ccc(F)cc1.CNc1ccc(F)cc1.O=C(O)C1(C(=O)Cl)CC1.O=C(O)C1(C(=O)O)CC1.O=S(Cl)Cl. The molecule has 12 aromatic rings. The number of amides is 3. The number of rotatable bonds is 24. The van der Waals surface area contributed by atoms with Crippen molar-refractivity contribution in [2.24, 2.45) is 27.1 Å². The van der Waals surface area contributed by atoms with E-state index in [1.54, 1.807) is 75.5 Å². The number of nitrogens with one attached hydrogen (secondary N) is 1. The third-order valence-electron chi connectivity index (χ3n) is 22.5. The van der Waals surface area contributed by atoms with Gasteiger partial charge in [0.1, 0.15) is 56.4 Å². The highest BCUT2D eigenvalue weighted by Crippen LogP contribution is 2.52. The first-order valence-electron chi connectivity index (χ1n) is 41.9. The van der Waals surface area contributed by atoms with E-state index in [2.05, 4.69) is 53.5 Å². The minimum atomic E-state index is -1.67. The van der Waals surface area contributed by atoms with Crippen molar-refractivity contribution in [3.63, 3.8) is 0 Å². The van der Waals surface area contributed by atoms with Gasteiger partial charge in [-0.3, -0.25) is 57.9 Å². The highest BCUT2D eigenvalue weighted by molar-refractivity contribution is 8.26. The zero-order chi connectivity index (χ0) is 99.3. The molecule has 0 atom stereocenters. The molecule has 30 nitrogen and oxygen atoms in total. The van der Waals surface area contributed by atoms with Gasteiger partial charge in [0.15, 0.2) is 34.3 Å². The summed E-state index contributed by atoms with van der Waals surface area (Å²) in [5, 5.41) is 45.1. The number of nitrogen functional groups attached to an aromatic ring is 1. The van der Waals surface area contributed by atoms with Crippen LogP contribution in [-0.2, 0) is 81.4 Å². The van der Waals surface area contributed by atoms with Crippen molar-refractivity contribution in [2.75, 3.05) is 67.2 Å². The number of carbonyl (C=O) groups excluding carboxylic acids is 5. The molecule has 6 aromatic carbocycles. The Labute approximate surface area is 799 Å². The van der Waals surface area contributed by atoms with Gasteiger partial charge in [0.25, 0.3) is 0 Å². The Morgan fingerprint density at radius 1 is 0.471 bits per heavy atom. The van der Waals surface area contributed by atoms with Crippen molar-refractivity contribution in [3.05, 3.63) is 236 Å². The smallest absolute Gasteiger partial charge is 0.321 e. The molecule has 42 heteroatoms. The van der Waals surface area contributed by atoms with Gasteiger partial charge in [0.2, 0.25) is 32.2 Å². The summed E-state index contributed by atoms with van der Waals surface area (Å²) in [5.41, 5.74) is 5.74. The first-order valence-corrected chi connectivity index (χ1v) is 46.7. The summed E-state index contributed by atoms with van der Waals surface area (Å²) in [6, 6.07) is 38.6. The average Bonchev–Trinajstić information content (AvgIpc) is 1.57. The van der Waals surface area contributed by atoms with Gasteiger partial charge in [0.05, 0.1) is 54.2 Å². The molecule has 5 aliphatic carbocycles. The Bertz CT molecular complexity index is 6180. The van der Waals surface area contributed by atoms with Crippen LogP contribution in [0.3, 0.4) is 0 Å². The summed E-state index contributed by atoms with van der Waals surface area (Å²) < 4.78 is 112. The normalized spacial score (nSPS) is 14.8. The van der Waals surface area contributed by atoms with Crippen LogP contribution >= 0.6 is 55.6 Å². The molecule has 3 amide bonds. The lowest BCUT2D eigenvalue weighted by Crippen LogP contribution is -2.39. The maximum Gasteiger partial charge on any atom is 0.321 e. The lowest BCUT2D eigenvalue weighted by molar-refractivity contribution is -0.157. The number of benzene rings is 6. The number of fused-ring (bicyclic) bond motifs is 2. The van der Waals surface area contributed by atoms with Gasteiger partial charge in [-0.15, -0.1) is 22.7 Å². The number of imidazole rings is 2. The van der Waals surface area contributed by atoms with Crippen LogP contribution in [-0.4, -0.2) is 159 Å². The fourth-order valence-electron chi connectivity index (χ4n) is 13.2. The number of ketones is 1. The average molecular weight is 2000 g/mol. The minimum Gasteiger partial charge on any atom is -0.480 e. The van der Waals surface area contributed by atoms with Crippen LogP contribution in [0.2, 0.25) is 0 Å². The summed E-state index contributed by atoms with van der Waals surface area (Å²) in [6.45, 7) is 7.78. The van der Waals surface area contributed by atoms with E-state index >= 15 is 4.39 Å². The van der Waals surface area contributed by atoms with Crippen LogP contribution in [0.25, 0.3) is 41.6 Å². The van der Waals surface area contributed by atoms with Crippen LogP contribution in [0.5, 0.6) is 23.0 Å². The lowest BCUT2D eigenvalue weighted by atomic mass is 9.93. The van der Waals surface area contributed by atoms with Gasteiger partial charge in [0, 0.05) is 154 Å². The number of carbonyl (C=O) groups is 10. The second kappa shape index (κ2) is 46.4. The number of hydrogen-bond acceptors (Lipinski definition) is 22. The maximum absolute atomic E-state index is 15.2. The molecular formula is C94H92Cl3F6N11O19S3. The standard InChI is InChI=1S/C31H26F2N4O3S.C18H15FN4OS.2C12H12FNO3.C7H8FN.C5H5ClO3.C5H6O4.C4H8O.Cl2OS/c1-3-37-17-24(35-18-37)27-16-23-29(41-27)26(10-13-34-23)40-25-9-4-19(14-22(25)33)15-28(38)31(11-12-31)30(39)36(2)21-7-5-20(32)6-8-21;1-2-23-9-14(22-10-23)17-8-13-18(25-17)16(5-6-21-13)24-15-4-3-11(20)7-12(15)19;2*1-14(9-4-2-8(13)3-5-9)10(15)12(6-7-12)11(16)17;1-9-7-4-2-6(8)3-5-7;2*6-3(7)5(1-2-5)4(8)9;1-2-4-5-3-1;1-4(2)3/h4-10,13-14,16-18H,3,11-12,15H2,1-2H3;3-10H,2,20H2,1H3;2*2-5H,6-7H2,1H3,(H,16,17);2-5,9H,1H3;1-2H2,(H,8,9);1-2H2,(H,6,7)(H,8,9);1-4H2;. The monoisotopic (exact) mass is 1990 g/mol. The zero-order valence-corrected chi connectivity index (χ0v) is 78.4. The van der Waals surface area contributed by atoms with Gasteiger partial charge in [-0.05, 0) is 242 Å². The molecule has 6 aliphatic rings. The number of anilines is 5. The molecule has 0 bridgehead atoms. The van der Waals surface area contributed by atoms with Crippen LogP contribution in [0.4, 0.5) is 54.8 Å². The van der Waals surface area contributed by atoms with Crippen molar-refractivity contribution in [3.8, 4) is 44.1 Å². The number of carboxylic acid groups (broad SMARTS) is 5. The van der Waals surface area contributed by atoms with Crippen LogP contribution in [0, 0.1) is 62.0 Å². The van der Waals surface area contributed by atoms with Crippen LogP contribution < -0.4 is 35.2 Å². The zero-order valence-electron chi connectivity index (χ0n) is 73.7. The molecule has 18 rings (SSSR count). The van der Waals surface area contributed by atoms with Crippen molar-refractivity contribution in [1.29, 1.82) is 0 Å². The molecule has 8 N–H and O–H groups in total. The van der Waals surface area contributed by atoms with E-state index in [1.807, 2.05) is 40.6 Å². The topological polar surface area (TPSA) is 426 Å². The number of carboxylic acids is 5. The number of aryl methyl sites for hydroxylation is 2. The number of pyridine rings is 2. The molecule has 6 aromatic heterocycles. The summed E-state index contributed by atoms with van der Waals surface area (Å²) in [7, 11) is 13.7. The Morgan fingerprint density at radius 3 is 1.09 bits per heavy atom. The van der Waals surface area contributed by atoms with Gasteiger partial charge < -0.3 is 74.6 Å². The second-order valence-corrected chi connectivity index (χ2v) is 36.7. The van der Waals surface area contributed by atoms with E-state index in [9.17, 15) is 69.9 Å².